The topological polar surface area (TPSA) is 17.1 Å². The molecule has 0 bridgehead atoms. The van der Waals surface area contributed by atoms with Gasteiger partial charge in [0.2, 0.25) is 0 Å². The molecule has 0 aromatic heterocycles. The molecule has 0 N–H and O–H groups in total. The van der Waals surface area contributed by atoms with Crippen LogP contribution in [0.25, 0.3) is 0 Å². The molecule has 0 amide bonds. The molecule has 0 aliphatic rings. The fourth-order valence-corrected chi connectivity index (χ4v) is 2.80. The molecule has 2 rings (SSSR count). The van der Waals surface area contributed by atoms with E-state index < -0.39 is 0 Å². The van der Waals surface area contributed by atoms with Crippen LogP contribution >= 0.6 is 38.5 Å². The minimum Gasteiger partial charge on any atom is -0.294 e. The van der Waals surface area contributed by atoms with Gasteiger partial charge in [0.05, 0.1) is 0 Å². The molecule has 98 valence electrons. The Balaban J connectivity index is 2.28. The van der Waals surface area contributed by atoms with E-state index in [1.54, 1.807) is 6.07 Å². The largest absolute Gasteiger partial charge is 0.294 e. The van der Waals surface area contributed by atoms with Crippen molar-refractivity contribution in [2.45, 2.75) is 13.3 Å². The number of aryl methyl sites for hydroxylation is 1. The number of carbonyl (C=O) groups is 1. The lowest BCUT2D eigenvalue weighted by Gasteiger charge is -2.07. The van der Waals surface area contributed by atoms with Crippen molar-refractivity contribution < 1.29 is 9.18 Å². The van der Waals surface area contributed by atoms with E-state index in [2.05, 4.69) is 38.5 Å². The smallest absolute Gasteiger partial charge is 0.168 e. The Hall–Kier alpha value is -0.750. The predicted octanol–water partition coefficient (Wildman–Crippen LogP) is 4.93. The molecule has 0 atom stereocenters. The molecule has 0 unspecified atom stereocenters. The lowest BCUT2D eigenvalue weighted by Crippen LogP contribution is -2.06. The molecule has 0 saturated carbocycles. The molecular formula is C15H11BrFIO. The Morgan fingerprint density at radius 3 is 2.68 bits per heavy atom. The zero-order valence-electron chi connectivity index (χ0n) is 10.2. The van der Waals surface area contributed by atoms with E-state index in [1.807, 2.05) is 25.1 Å². The Morgan fingerprint density at radius 1 is 1.26 bits per heavy atom. The van der Waals surface area contributed by atoms with Gasteiger partial charge in [0.15, 0.2) is 5.78 Å². The van der Waals surface area contributed by atoms with Gasteiger partial charge in [-0.2, -0.15) is 0 Å². The number of carbonyl (C=O) groups excluding carboxylic acids is 1. The van der Waals surface area contributed by atoms with E-state index in [9.17, 15) is 9.18 Å². The second-order valence-electron chi connectivity index (χ2n) is 4.29. The lowest BCUT2D eigenvalue weighted by atomic mass is 9.99. The fourth-order valence-electron chi connectivity index (χ4n) is 1.84. The molecule has 0 spiro atoms. The third-order valence-corrected chi connectivity index (χ3v) is 4.25. The number of halogens is 3. The Bertz CT molecular complexity index is 640. The molecule has 0 aliphatic heterocycles. The van der Waals surface area contributed by atoms with E-state index in [0.29, 0.717) is 5.56 Å². The highest BCUT2D eigenvalue weighted by Gasteiger charge is 2.13. The fraction of sp³-hybridized carbons (Fsp3) is 0.133. The highest BCUT2D eigenvalue weighted by atomic mass is 127. The normalized spacial score (nSPS) is 10.5. The van der Waals surface area contributed by atoms with Crippen molar-refractivity contribution >= 4 is 44.3 Å². The third-order valence-electron chi connectivity index (χ3n) is 2.88. The van der Waals surface area contributed by atoms with Crippen molar-refractivity contribution in [3.8, 4) is 0 Å². The molecule has 0 radical (unpaired) electrons. The maximum Gasteiger partial charge on any atom is 0.168 e. The minimum atomic E-state index is -0.274. The van der Waals surface area contributed by atoms with Crippen molar-refractivity contribution in [1.29, 1.82) is 0 Å². The van der Waals surface area contributed by atoms with Crippen LogP contribution in [-0.4, -0.2) is 5.78 Å². The highest BCUT2D eigenvalue weighted by molar-refractivity contribution is 14.1. The standard InChI is InChI=1S/C15H11BrFIO/c1-9-6-11(17)3-2-10(9)7-15(19)13-8-12(18)4-5-14(13)16/h2-6,8H,7H2,1H3. The Morgan fingerprint density at radius 2 is 2.00 bits per heavy atom. The van der Waals surface area contributed by atoms with Gasteiger partial charge in [-0.15, -0.1) is 0 Å². The number of hydrogen-bond acceptors (Lipinski definition) is 1. The molecular weight excluding hydrogens is 422 g/mol. The molecule has 1 nitrogen and oxygen atoms in total. The summed E-state index contributed by atoms with van der Waals surface area (Å²) in [7, 11) is 0. The molecule has 19 heavy (non-hydrogen) atoms. The molecule has 0 fully saturated rings. The molecule has 0 aliphatic carbocycles. The summed E-state index contributed by atoms with van der Waals surface area (Å²) in [5.41, 5.74) is 2.32. The van der Waals surface area contributed by atoms with Gasteiger partial charge >= 0.3 is 0 Å². The van der Waals surface area contributed by atoms with Crippen LogP contribution in [0.4, 0.5) is 4.39 Å². The van der Waals surface area contributed by atoms with E-state index in [1.165, 1.54) is 12.1 Å². The van der Waals surface area contributed by atoms with Gasteiger partial charge in [0.1, 0.15) is 5.82 Å². The van der Waals surface area contributed by atoms with Crippen LogP contribution in [0.15, 0.2) is 40.9 Å². The zero-order chi connectivity index (χ0) is 14.0. The summed E-state index contributed by atoms with van der Waals surface area (Å²) < 4.78 is 14.8. The molecule has 4 heteroatoms. The van der Waals surface area contributed by atoms with Gasteiger partial charge in [-0.3, -0.25) is 4.79 Å². The lowest BCUT2D eigenvalue weighted by molar-refractivity contribution is 0.0992. The summed E-state index contributed by atoms with van der Waals surface area (Å²) in [4.78, 5) is 12.3. The number of benzene rings is 2. The number of ketones is 1. The van der Waals surface area contributed by atoms with E-state index in [0.717, 1.165) is 19.2 Å². The Kier molecular flexibility index (Phi) is 4.73. The average molecular weight is 433 g/mol. The zero-order valence-corrected chi connectivity index (χ0v) is 14.0. The molecule has 0 heterocycles. The van der Waals surface area contributed by atoms with E-state index >= 15 is 0 Å². The van der Waals surface area contributed by atoms with Gasteiger partial charge in [0, 0.05) is 20.0 Å². The summed E-state index contributed by atoms with van der Waals surface area (Å²) in [6.07, 6.45) is 0.283. The first-order valence-corrected chi connectivity index (χ1v) is 7.58. The second kappa shape index (κ2) is 6.13. The van der Waals surface area contributed by atoms with Gasteiger partial charge in [-0.05, 0) is 71.0 Å². The molecule has 2 aromatic rings. The first-order valence-electron chi connectivity index (χ1n) is 5.70. The van der Waals surface area contributed by atoms with Crippen LogP contribution in [0.5, 0.6) is 0 Å². The van der Waals surface area contributed by atoms with Crippen LogP contribution < -0.4 is 0 Å². The first-order chi connectivity index (χ1) is 8.97. The quantitative estimate of drug-likeness (QED) is 0.496. The second-order valence-corrected chi connectivity index (χ2v) is 6.39. The van der Waals surface area contributed by atoms with Crippen molar-refractivity contribution in [2.75, 3.05) is 0 Å². The van der Waals surface area contributed by atoms with E-state index in [-0.39, 0.29) is 18.0 Å². The van der Waals surface area contributed by atoms with Crippen molar-refractivity contribution in [3.63, 3.8) is 0 Å². The SMILES string of the molecule is Cc1cc(F)ccc1CC(=O)c1cc(I)ccc1Br. The average Bonchev–Trinajstić information content (AvgIpc) is 2.35. The maximum absolute atomic E-state index is 13.0. The maximum atomic E-state index is 13.0. The van der Waals surface area contributed by atoms with Crippen LogP contribution in [-0.2, 0) is 6.42 Å². The number of Topliss-reactive ketones (excluding diaryl/α,β-unsaturated/α-hetero) is 1. The summed E-state index contributed by atoms with van der Waals surface area (Å²) in [5, 5.41) is 0. The van der Waals surface area contributed by atoms with E-state index in [4.69, 9.17) is 0 Å². The molecule has 2 aromatic carbocycles. The van der Waals surface area contributed by atoms with Gasteiger partial charge in [-0.1, -0.05) is 22.0 Å². The van der Waals surface area contributed by atoms with Gasteiger partial charge < -0.3 is 0 Å². The summed E-state index contributed by atoms with van der Waals surface area (Å²) in [6, 6.07) is 10.2. The van der Waals surface area contributed by atoms with Gasteiger partial charge in [0.25, 0.3) is 0 Å². The van der Waals surface area contributed by atoms with Crippen molar-refractivity contribution in [2.24, 2.45) is 0 Å². The first kappa shape index (κ1) is 14.7. The third kappa shape index (κ3) is 3.63. The van der Waals surface area contributed by atoms with Crippen LogP contribution in [0.1, 0.15) is 21.5 Å². The van der Waals surface area contributed by atoms with Crippen LogP contribution in [0.2, 0.25) is 0 Å². The number of hydrogen-bond donors (Lipinski definition) is 0. The molecule has 0 saturated heterocycles. The van der Waals surface area contributed by atoms with Crippen LogP contribution in [0, 0.1) is 16.3 Å². The monoisotopic (exact) mass is 432 g/mol. The van der Waals surface area contributed by atoms with Gasteiger partial charge in [-0.25, -0.2) is 4.39 Å². The summed E-state index contributed by atoms with van der Waals surface area (Å²) >= 11 is 5.57. The van der Waals surface area contributed by atoms with Crippen molar-refractivity contribution in [3.05, 3.63) is 66.9 Å². The number of rotatable bonds is 3. The highest BCUT2D eigenvalue weighted by Crippen LogP contribution is 2.22. The summed E-state index contributed by atoms with van der Waals surface area (Å²) in [5.74, 6) is -0.246. The van der Waals surface area contributed by atoms with Crippen LogP contribution in [0.3, 0.4) is 0 Å². The Labute approximate surface area is 133 Å². The summed E-state index contributed by atoms with van der Waals surface area (Å²) in [6.45, 7) is 1.81. The minimum absolute atomic E-state index is 0.0279. The predicted molar refractivity (Wildman–Crippen MR) is 86.0 cm³/mol. The van der Waals surface area contributed by atoms with Crippen molar-refractivity contribution in [1.82, 2.24) is 0 Å².